The largest absolute Gasteiger partial charge is 0.348 e. The molecule has 0 saturated heterocycles. The summed E-state index contributed by atoms with van der Waals surface area (Å²) >= 11 is 1.63. The van der Waals surface area contributed by atoms with Gasteiger partial charge in [-0.3, -0.25) is 4.79 Å². The van der Waals surface area contributed by atoms with E-state index in [0.717, 1.165) is 21.8 Å². The Kier molecular flexibility index (Phi) is 4.53. The number of amides is 1. The predicted molar refractivity (Wildman–Crippen MR) is 94.6 cm³/mol. The maximum absolute atomic E-state index is 12.2. The molecule has 0 aliphatic carbocycles. The van der Waals surface area contributed by atoms with Gasteiger partial charge in [0, 0.05) is 23.1 Å². The average molecular weight is 322 g/mol. The van der Waals surface area contributed by atoms with Crippen LogP contribution in [-0.4, -0.2) is 10.9 Å². The first-order chi connectivity index (χ1) is 11.1. The fourth-order valence-corrected chi connectivity index (χ4v) is 2.90. The minimum Gasteiger partial charge on any atom is -0.348 e. The van der Waals surface area contributed by atoms with E-state index in [1.54, 1.807) is 11.3 Å². The smallest absolute Gasteiger partial charge is 0.251 e. The molecule has 23 heavy (non-hydrogen) atoms. The van der Waals surface area contributed by atoms with Crippen LogP contribution in [0.2, 0.25) is 0 Å². The molecule has 0 spiro atoms. The van der Waals surface area contributed by atoms with E-state index in [1.165, 1.54) is 5.56 Å². The second-order valence-electron chi connectivity index (χ2n) is 5.50. The topological polar surface area (TPSA) is 42.0 Å². The minimum atomic E-state index is -0.0633. The van der Waals surface area contributed by atoms with Gasteiger partial charge in [-0.05, 0) is 31.5 Å². The van der Waals surface area contributed by atoms with Gasteiger partial charge in [0.1, 0.15) is 0 Å². The third-order valence-corrected chi connectivity index (χ3v) is 4.41. The van der Waals surface area contributed by atoms with Gasteiger partial charge in [-0.1, -0.05) is 42.0 Å². The van der Waals surface area contributed by atoms with Crippen LogP contribution in [0.5, 0.6) is 0 Å². The van der Waals surface area contributed by atoms with Gasteiger partial charge in [0.2, 0.25) is 0 Å². The SMILES string of the molecule is Cc1ccc(CNC(=O)c2ccc(-c3csc(C)n3)cc2)cc1. The summed E-state index contributed by atoms with van der Waals surface area (Å²) in [5.74, 6) is -0.0633. The van der Waals surface area contributed by atoms with Crippen molar-refractivity contribution in [2.24, 2.45) is 0 Å². The minimum absolute atomic E-state index is 0.0633. The first kappa shape index (κ1) is 15.4. The fourth-order valence-electron chi connectivity index (χ4n) is 2.28. The molecule has 1 aromatic heterocycles. The van der Waals surface area contributed by atoms with Crippen LogP contribution in [-0.2, 0) is 6.54 Å². The second kappa shape index (κ2) is 6.75. The summed E-state index contributed by atoms with van der Waals surface area (Å²) in [6, 6.07) is 15.7. The van der Waals surface area contributed by atoms with E-state index in [1.807, 2.05) is 67.8 Å². The third-order valence-electron chi connectivity index (χ3n) is 3.64. The number of thiazole rings is 1. The lowest BCUT2D eigenvalue weighted by molar-refractivity contribution is 0.0951. The number of carbonyl (C=O) groups is 1. The molecule has 0 aliphatic rings. The Balaban J connectivity index is 1.64. The molecule has 0 radical (unpaired) electrons. The molecular formula is C19H18N2OS. The lowest BCUT2D eigenvalue weighted by Crippen LogP contribution is -2.22. The number of benzene rings is 2. The molecule has 4 heteroatoms. The number of nitrogens with one attached hydrogen (secondary N) is 1. The molecule has 0 atom stereocenters. The molecule has 2 aromatic carbocycles. The normalized spacial score (nSPS) is 10.5. The Morgan fingerprint density at radius 1 is 1.04 bits per heavy atom. The molecule has 1 amide bonds. The van der Waals surface area contributed by atoms with Crippen molar-refractivity contribution in [3.05, 3.63) is 75.6 Å². The predicted octanol–water partition coefficient (Wildman–Crippen LogP) is 4.36. The molecule has 0 aliphatic heterocycles. The van der Waals surface area contributed by atoms with Crippen LogP contribution in [0.4, 0.5) is 0 Å². The summed E-state index contributed by atoms with van der Waals surface area (Å²) in [5, 5.41) is 6.02. The van der Waals surface area contributed by atoms with E-state index < -0.39 is 0 Å². The van der Waals surface area contributed by atoms with E-state index in [9.17, 15) is 4.79 Å². The maximum Gasteiger partial charge on any atom is 0.251 e. The standard InChI is InChI=1S/C19H18N2OS/c1-13-3-5-15(6-4-13)11-20-19(22)17-9-7-16(8-10-17)18-12-23-14(2)21-18/h3-10,12H,11H2,1-2H3,(H,20,22). The summed E-state index contributed by atoms with van der Waals surface area (Å²) in [6.07, 6.45) is 0. The van der Waals surface area contributed by atoms with Gasteiger partial charge >= 0.3 is 0 Å². The lowest BCUT2D eigenvalue weighted by Gasteiger charge is -2.06. The fraction of sp³-hybridized carbons (Fsp3) is 0.158. The summed E-state index contributed by atoms with van der Waals surface area (Å²) in [4.78, 5) is 16.7. The zero-order chi connectivity index (χ0) is 16.2. The van der Waals surface area contributed by atoms with E-state index >= 15 is 0 Å². The van der Waals surface area contributed by atoms with E-state index in [-0.39, 0.29) is 5.91 Å². The van der Waals surface area contributed by atoms with E-state index in [2.05, 4.69) is 10.3 Å². The van der Waals surface area contributed by atoms with Crippen molar-refractivity contribution in [2.75, 3.05) is 0 Å². The number of hydrogen-bond donors (Lipinski definition) is 1. The molecule has 0 unspecified atom stereocenters. The van der Waals surface area contributed by atoms with Gasteiger partial charge in [0.25, 0.3) is 5.91 Å². The molecular weight excluding hydrogens is 304 g/mol. The summed E-state index contributed by atoms with van der Waals surface area (Å²) < 4.78 is 0. The van der Waals surface area contributed by atoms with Crippen LogP contribution in [0.1, 0.15) is 26.5 Å². The van der Waals surface area contributed by atoms with Crippen LogP contribution in [0.25, 0.3) is 11.3 Å². The molecule has 1 N–H and O–H groups in total. The van der Waals surface area contributed by atoms with Gasteiger partial charge in [0.15, 0.2) is 0 Å². The van der Waals surface area contributed by atoms with Gasteiger partial charge < -0.3 is 5.32 Å². The van der Waals surface area contributed by atoms with Crippen molar-refractivity contribution in [3.63, 3.8) is 0 Å². The van der Waals surface area contributed by atoms with Crippen molar-refractivity contribution < 1.29 is 4.79 Å². The highest BCUT2D eigenvalue weighted by atomic mass is 32.1. The van der Waals surface area contributed by atoms with Gasteiger partial charge in [-0.15, -0.1) is 11.3 Å². The number of nitrogens with zero attached hydrogens (tertiary/aromatic N) is 1. The first-order valence-corrected chi connectivity index (χ1v) is 8.36. The number of aromatic nitrogens is 1. The van der Waals surface area contributed by atoms with Gasteiger partial charge in [-0.2, -0.15) is 0 Å². The number of rotatable bonds is 4. The highest BCUT2D eigenvalue weighted by Gasteiger charge is 2.07. The lowest BCUT2D eigenvalue weighted by atomic mass is 10.1. The average Bonchev–Trinajstić information content (AvgIpc) is 3.01. The Morgan fingerprint density at radius 2 is 1.74 bits per heavy atom. The molecule has 3 aromatic rings. The highest BCUT2D eigenvalue weighted by molar-refractivity contribution is 7.09. The molecule has 0 fully saturated rings. The van der Waals surface area contributed by atoms with Crippen LogP contribution < -0.4 is 5.32 Å². The van der Waals surface area contributed by atoms with Gasteiger partial charge in [0.05, 0.1) is 10.7 Å². The van der Waals surface area contributed by atoms with Crippen LogP contribution in [0.15, 0.2) is 53.9 Å². The van der Waals surface area contributed by atoms with Crippen molar-refractivity contribution >= 4 is 17.2 Å². The molecule has 0 saturated carbocycles. The van der Waals surface area contributed by atoms with Crippen molar-refractivity contribution in [1.82, 2.24) is 10.3 Å². The van der Waals surface area contributed by atoms with E-state index in [0.29, 0.717) is 12.1 Å². The number of hydrogen-bond acceptors (Lipinski definition) is 3. The molecule has 3 nitrogen and oxygen atoms in total. The molecule has 0 bridgehead atoms. The summed E-state index contributed by atoms with van der Waals surface area (Å²) in [5.41, 5.74) is 4.96. The van der Waals surface area contributed by atoms with Crippen molar-refractivity contribution in [1.29, 1.82) is 0 Å². The van der Waals surface area contributed by atoms with Crippen molar-refractivity contribution in [2.45, 2.75) is 20.4 Å². The molecule has 3 rings (SSSR count). The van der Waals surface area contributed by atoms with Crippen LogP contribution >= 0.6 is 11.3 Å². The molecule has 116 valence electrons. The molecule has 1 heterocycles. The summed E-state index contributed by atoms with van der Waals surface area (Å²) in [7, 11) is 0. The van der Waals surface area contributed by atoms with E-state index in [4.69, 9.17) is 0 Å². The zero-order valence-corrected chi connectivity index (χ0v) is 14.0. The van der Waals surface area contributed by atoms with Crippen molar-refractivity contribution in [3.8, 4) is 11.3 Å². The Hall–Kier alpha value is -2.46. The summed E-state index contributed by atoms with van der Waals surface area (Å²) in [6.45, 7) is 4.57. The Bertz CT molecular complexity index is 804. The highest BCUT2D eigenvalue weighted by Crippen LogP contribution is 2.21. The zero-order valence-electron chi connectivity index (χ0n) is 13.2. The first-order valence-electron chi connectivity index (χ1n) is 7.48. The monoisotopic (exact) mass is 322 g/mol. The second-order valence-corrected chi connectivity index (χ2v) is 6.56. The Morgan fingerprint density at radius 3 is 2.35 bits per heavy atom. The van der Waals surface area contributed by atoms with Crippen LogP contribution in [0.3, 0.4) is 0 Å². The third kappa shape index (κ3) is 3.85. The maximum atomic E-state index is 12.2. The van der Waals surface area contributed by atoms with Crippen LogP contribution in [0, 0.1) is 13.8 Å². The number of carbonyl (C=O) groups excluding carboxylic acids is 1. The Labute approximate surface area is 140 Å². The van der Waals surface area contributed by atoms with Gasteiger partial charge in [-0.25, -0.2) is 4.98 Å². The number of aryl methyl sites for hydroxylation is 2. The quantitative estimate of drug-likeness (QED) is 0.775.